The predicted octanol–water partition coefficient (Wildman–Crippen LogP) is 3.84. The van der Waals surface area contributed by atoms with Crippen molar-refractivity contribution in [1.82, 2.24) is 5.32 Å². The Kier molecular flexibility index (Phi) is 8.26. The van der Waals surface area contributed by atoms with E-state index in [-0.39, 0.29) is 0 Å². The van der Waals surface area contributed by atoms with E-state index in [0.717, 1.165) is 11.8 Å². The van der Waals surface area contributed by atoms with Crippen molar-refractivity contribution in [2.75, 3.05) is 6.54 Å². The minimum atomic E-state index is 0.661. The highest BCUT2D eigenvalue weighted by atomic mass is 14.9. The molecule has 0 radical (unpaired) electrons. The zero-order valence-electron chi connectivity index (χ0n) is 10.8. The van der Waals surface area contributed by atoms with E-state index in [9.17, 15) is 0 Å². The third-order valence-corrected chi connectivity index (χ3v) is 3.15. The molecule has 0 aliphatic rings. The monoisotopic (exact) mass is 199 g/mol. The molecule has 14 heavy (non-hydrogen) atoms. The molecule has 0 spiro atoms. The van der Waals surface area contributed by atoms with E-state index < -0.39 is 0 Å². The zero-order chi connectivity index (χ0) is 11.0. The van der Waals surface area contributed by atoms with E-state index in [2.05, 4.69) is 39.9 Å². The summed E-state index contributed by atoms with van der Waals surface area (Å²) in [5.41, 5.74) is 0. The molecular formula is C13H29N. The zero-order valence-corrected chi connectivity index (χ0v) is 10.8. The molecule has 1 heteroatoms. The third-order valence-electron chi connectivity index (χ3n) is 3.15. The van der Waals surface area contributed by atoms with Crippen LogP contribution in [0, 0.1) is 11.8 Å². The largest absolute Gasteiger partial charge is 0.314 e. The van der Waals surface area contributed by atoms with E-state index in [0.29, 0.717) is 6.04 Å². The van der Waals surface area contributed by atoms with Gasteiger partial charge >= 0.3 is 0 Å². The fourth-order valence-corrected chi connectivity index (χ4v) is 1.49. The quantitative estimate of drug-likeness (QED) is 0.626. The molecule has 1 N–H and O–H groups in total. The molecule has 0 heterocycles. The van der Waals surface area contributed by atoms with Gasteiger partial charge in [0.15, 0.2) is 0 Å². The van der Waals surface area contributed by atoms with Gasteiger partial charge in [0.1, 0.15) is 0 Å². The van der Waals surface area contributed by atoms with E-state index >= 15 is 0 Å². The molecule has 0 rings (SSSR count). The average Bonchev–Trinajstić information content (AvgIpc) is 2.14. The van der Waals surface area contributed by atoms with Crippen LogP contribution < -0.4 is 5.32 Å². The van der Waals surface area contributed by atoms with Gasteiger partial charge in [0.05, 0.1) is 0 Å². The summed E-state index contributed by atoms with van der Waals surface area (Å²) < 4.78 is 0. The molecule has 86 valence electrons. The first-order valence-corrected chi connectivity index (χ1v) is 6.31. The van der Waals surface area contributed by atoms with Crippen LogP contribution in [-0.4, -0.2) is 12.6 Å². The maximum Gasteiger partial charge on any atom is 0.00617 e. The van der Waals surface area contributed by atoms with Gasteiger partial charge in [0, 0.05) is 6.04 Å². The summed E-state index contributed by atoms with van der Waals surface area (Å²) in [4.78, 5) is 0. The fraction of sp³-hybridized carbons (Fsp3) is 1.00. The highest BCUT2D eigenvalue weighted by molar-refractivity contribution is 4.65. The van der Waals surface area contributed by atoms with Crippen molar-refractivity contribution in [2.24, 2.45) is 11.8 Å². The SMILES string of the molecule is CCCCC(C)CCNC(C)C(C)C. The smallest absolute Gasteiger partial charge is 0.00617 e. The lowest BCUT2D eigenvalue weighted by Crippen LogP contribution is -2.32. The molecule has 0 amide bonds. The summed E-state index contributed by atoms with van der Waals surface area (Å²) in [6.07, 6.45) is 5.45. The Morgan fingerprint density at radius 3 is 2.14 bits per heavy atom. The van der Waals surface area contributed by atoms with Gasteiger partial charge in [-0.15, -0.1) is 0 Å². The highest BCUT2D eigenvalue weighted by Gasteiger charge is 2.06. The minimum absolute atomic E-state index is 0.661. The van der Waals surface area contributed by atoms with Crippen LogP contribution in [0.2, 0.25) is 0 Å². The molecule has 0 aromatic heterocycles. The summed E-state index contributed by atoms with van der Waals surface area (Å²) in [5.74, 6) is 1.64. The van der Waals surface area contributed by atoms with Crippen molar-refractivity contribution in [3.05, 3.63) is 0 Å². The molecule has 1 nitrogen and oxygen atoms in total. The van der Waals surface area contributed by atoms with Crippen molar-refractivity contribution in [3.8, 4) is 0 Å². The van der Waals surface area contributed by atoms with Crippen molar-refractivity contribution in [2.45, 2.75) is 66.3 Å². The van der Waals surface area contributed by atoms with Crippen LogP contribution in [0.15, 0.2) is 0 Å². The molecule has 0 aromatic carbocycles. The van der Waals surface area contributed by atoms with Crippen molar-refractivity contribution in [1.29, 1.82) is 0 Å². The predicted molar refractivity (Wildman–Crippen MR) is 65.6 cm³/mol. The van der Waals surface area contributed by atoms with Gasteiger partial charge in [-0.25, -0.2) is 0 Å². The summed E-state index contributed by atoms with van der Waals surface area (Å²) in [6.45, 7) is 12.7. The molecular weight excluding hydrogens is 170 g/mol. The van der Waals surface area contributed by atoms with Crippen molar-refractivity contribution >= 4 is 0 Å². The van der Waals surface area contributed by atoms with E-state index in [1.165, 1.54) is 32.2 Å². The van der Waals surface area contributed by atoms with Gasteiger partial charge in [0.2, 0.25) is 0 Å². The second-order valence-corrected chi connectivity index (χ2v) is 5.02. The van der Waals surface area contributed by atoms with Crippen LogP contribution in [0.1, 0.15) is 60.3 Å². The van der Waals surface area contributed by atoms with Crippen LogP contribution in [0.4, 0.5) is 0 Å². The lowest BCUT2D eigenvalue weighted by molar-refractivity contribution is 0.389. The van der Waals surface area contributed by atoms with Gasteiger partial charge in [-0.2, -0.15) is 0 Å². The molecule has 0 aliphatic carbocycles. The Labute approximate surface area is 90.7 Å². The van der Waals surface area contributed by atoms with Crippen LogP contribution in [-0.2, 0) is 0 Å². The van der Waals surface area contributed by atoms with E-state index in [1.807, 2.05) is 0 Å². The molecule has 0 aromatic rings. The molecule has 0 saturated heterocycles. The molecule has 0 fully saturated rings. The lowest BCUT2D eigenvalue weighted by Gasteiger charge is -2.19. The normalized spacial score (nSPS) is 15.9. The fourth-order valence-electron chi connectivity index (χ4n) is 1.49. The van der Waals surface area contributed by atoms with Crippen molar-refractivity contribution < 1.29 is 0 Å². The Bertz CT molecular complexity index is 120. The van der Waals surface area contributed by atoms with Gasteiger partial charge in [-0.3, -0.25) is 0 Å². The maximum absolute atomic E-state index is 3.59. The van der Waals surface area contributed by atoms with Gasteiger partial charge in [-0.05, 0) is 31.7 Å². The molecule has 0 aliphatic heterocycles. The van der Waals surface area contributed by atoms with Crippen LogP contribution in [0.3, 0.4) is 0 Å². The van der Waals surface area contributed by atoms with Gasteiger partial charge < -0.3 is 5.32 Å². The third kappa shape index (κ3) is 7.37. The summed E-state index contributed by atoms with van der Waals surface area (Å²) in [6, 6.07) is 0.661. The Balaban J connectivity index is 3.34. The topological polar surface area (TPSA) is 12.0 Å². The number of hydrogen-bond acceptors (Lipinski definition) is 1. The first kappa shape index (κ1) is 14.0. The number of rotatable bonds is 8. The van der Waals surface area contributed by atoms with Crippen LogP contribution in [0.25, 0.3) is 0 Å². The highest BCUT2D eigenvalue weighted by Crippen LogP contribution is 2.11. The summed E-state index contributed by atoms with van der Waals surface area (Å²) in [7, 11) is 0. The molecule has 0 saturated carbocycles. The molecule has 2 atom stereocenters. The standard InChI is InChI=1S/C13H29N/c1-6-7-8-12(4)9-10-14-13(5)11(2)3/h11-14H,6-10H2,1-5H3. The maximum atomic E-state index is 3.59. The second kappa shape index (κ2) is 8.28. The van der Waals surface area contributed by atoms with Crippen molar-refractivity contribution in [3.63, 3.8) is 0 Å². The Hall–Kier alpha value is -0.0400. The van der Waals surface area contributed by atoms with E-state index in [4.69, 9.17) is 0 Å². The molecule has 2 unspecified atom stereocenters. The van der Waals surface area contributed by atoms with E-state index in [1.54, 1.807) is 0 Å². The summed E-state index contributed by atoms with van der Waals surface area (Å²) >= 11 is 0. The number of unbranched alkanes of at least 4 members (excludes halogenated alkanes) is 1. The first-order valence-electron chi connectivity index (χ1n) is 6.31. The Morgan fingerprint density at radius 2 is 1.64 bits per heavy atom. The average molecular weight is 199 g/mol. The minimum Gasteiger partial charge on any atom is -0.314 e. The lowest BCUT2D eigenvalue weighted by atomic mass is 10.00. The van der Waals surface area contributed by atoms with Crippen LogP contribution >= 0.6 is 0 Å². The summed E-state index contributed by atoms with van der Waals surface area (Å²) in [5, 5.41) is 3.59. The Morgan fingerprint density at radius 1 is 1.00 bits per heavy atom. The first-order chi connectivity index (χ1) is 6.57. The number of nitrogens with one attached hydrogen (secondary N) is 1. The van der Waals surface area contributed by atoms with Gasteiger partial charge in [-0.1, -0.05) is 47.0 Å². The molecule has 0 bridgehead atoms. The number of hydrogen-bond donors (Lipinski definition) is 1. The van der Waals surface area contributed by atoms with Gasteiger partial charge in [0.25, 0.3) is 0 Å². The second-order valence-electron chi connectivity index (χ2n) is 5.02. The van der Waals surface area contributed by atoms with Crippen LogP contribution in [0.5, 0.6) is 0 Å².